The number of nitrogens with one attached hydrogen (secondary N) is 2. The average Bonchev–Trinajstić information content (AvgIpc) is 3.07. The second-order valence-electron chi connectivity index (χ2n) is 6.17. The first-order valence-electron chi connectivity index (χ1n) is 8.35. The third kappa shape index (κ3) is 4.18. The second kappa shape index (κ2) is 9.03. The van der Waals surface area contributed by atoms with Crippen molar-refractivity contribution in [3.63, 3.8) is 0 Å². The molecular formula is C19H22Cl2N4O. The van der Waals surface area contributed by atoms with Gasteiger partial charge in [-0.15, -0.1) is 24.8 Å². The number of nitrogens with zero attached hydrogens (tertiary/aromatic N) is 2. The van der Waals surface area contributed by atoms with Gasteiger partial charge in [0.25, 0.3) is 5.91 Å². The van der Waals surface area contributed by atoms with E-state index in [4.69, 9.17) is 0 Å². The first-order valence-corrected chi connectivity index (χ1v) is 8.35. The van der Waals surface area contributed by atoms with Crippen molar-refractivity contribution in [2.75, 3.05) is 13.1 Å². The number of carbonyl (C=O) groups excluding carboxylic acids is 1. The van der Waals surface area contributed by atoms with Crippen LogP contribution in [0, 0.1) is 0 Å². The van der Waals surface area contributed by atoms with Crippen molar-refractivity contribution in [2.24, 2.45) is 0 Å². The maximum Gasteiger partial charge on any atom is 0.251 e. The number of hydrogen-bond acceptors (Lipinski definition) is 3. The molecule has 1 fully saturated rings. The minimum Gasteiger partial charge on any atom is -0.348 e. The molecule has 1 atom stereocenters. The molecule has 3 aromatic rings. The Labute approximate surface area is 165 Å². The van der Waals surface area contributed by atoms with Gasteiger partial charge in [0.2, 0.25) is 0 Å². The summed E-state index contributed by atoms with van der Waals surface area (Å²) in [5, 5.41) is 6.41. The van der Waals surface area contributed by atoms with E-state index in [0.717, 1.165) is 42.7 Å². The maximum atomic E-state index is 12.4. The van der Waals surface area contributed by atoms with Crippen LogP contribution in [-0.4, -0.2) is 34.6 Å². The highest BCUT2D eigenvalue weighted by Crippen LogP contribution is 2.18. The summed E-state index contributed by atoms with van der Waals surface area (Å²) in [6, 6.07) is 15.9. The molecule has 4 rings (SSSR count). The Morgan fingerprint density at radius 3 is 2.62 bits per heavy atom. The van der Waals surface area contributed by atoms with Gasteiger partial charge in [0.05, 0.1) is 11.0 Å². The van der Waals surface area contributed by atoms with Gasteiger partial charge in [-0.3, -0.25) is 9.36 Å². The highest BCUT2D eigenvalue weighted by Gasteiger charge is 2.16. The standard InChI is InChI=1S/C19H20N4O.2ClH/c24-19(22-15-4-3-11-20-12-15)14-7-9-16(10-8-14)23-13-21-17-5-1-2-6-18(17)23;;/h1-2,5-10,13,15,20H,3-4,11-12H2,(H,22,24);2*1H/t15-;;/m0../s1. The summed E-state index contributed by atoms with van der Waals surface area (Å²) in [5.41, 5.74) is 3.71. The molecule has 1 aliphatic rings. The van der Waals surface area contributed by atoms with Crippen LogP contribution >= 0.6 is 24.8 Å². The summed E-state index contributed by atoms with van der Waals surface area (Å²) in [7, 11) is 0. The van der Waals surface area contributed by atoms with Gasteiger partial charge in [0.1, 0.15) is 6.33 Å². The molecule has 0 saturated carbocycles. The number of imidazole rings is 1. The number of piperidine rings is 1. The van der Waals surface area contributed by atoms with E-state index >= 15 is 0 Å². The molecule has 2 N–H and O–H groups in total. The molecule has 5 nitrogen and oxygen atoms in total. The average molecular weight is 393 g/mol. The predicted octanol–water partition coefficient (Wildman–Crippen LogP) is 3.35. The van der Waals surface area contributed by atoms with Crippen molar-refractivity contribution in [1.82, 2.24) is 20.2 Å². The first kappa shape index (κ1) is 20.2. The number of aromatic nitrogens is 2. The van der Waals surface area contributed by atoms with Gasteiger partial charge < -0.3 is 10.6 Å². The number of benzene rings is 2. The summed E-state index contributed by atoms with van der Waals surface area (Å²) in [4.78, 5) is 16.8. The molecule has 1 aromatic heterocycles. The Morgan fingerprint density at radius 1 is 1.12 bits per heavy atom. The molecule has 7 heteroatoms. The van der Waals surface area contributed by atoms with Gasteiger partial charge in [0.15, 0.2) is 0 Å². The normalized spacial score (nSPS) is 16.4. The van der Waals surface area contributed by atoms with Crippen molar-refractivity contribution in [3.05, 3.63) is 60.4 Å². The molecule has 0 radical (unpaired) electrons. The lowest BCUT2D eigenvalue weighted by Gasteiger charge is -2.23. The molecule has 2 heterocycles. The molecule has 0 aliphatic carbocycles. The highest BCUT2D eigenvalue weighted by atomic mass is 35.5. The molecular weight excluding hydrogens is 371 g/mol. The molecule has 26 heavy (non-hydrogen) atoms. The van der Waals surface area contributed by atoms with Gasteiger partial charge in [-0.25, -0.2) is 4.98 Å². The number of carbonyl (C=O) groups is 1. The number of rotatable bonds is 3. The summed E-state index contributed by atoms with van der Waals surface area (Å²) in [6.07, 6.45) is 3.96. The summed E-state index contributed by atoms with van der Waals surface area (Å²) in [6.45, 7) is 1.89. The fraction of sp³-hybridized carbons (Fsp3) is 0.263. The first-order chi connectivity index (χ1) is 11.8. The number of fused-ring (bicyclic) bond motifs is 1. The Balaban J connectivity index is 0.00000121. The number of hydrogen-bond donors (Lipinski definition) is 2. The third-order valence-electron chi connectivity index (χ3n) is 4.49. The zero-order valence-electron chi connectivity index (χ0n) is 14.2. The number of amides is 1. The van der Waals surface area contributed by atoms with Crippen LogP contribution in [0.1, 0.15) is 23.2 Å². The minimum absolute atomic E-state index is 0. The monoisotopic (exact) mass is 392 g/mol. The van der Waals surface area contributed by atoms with E-state index in [2.05, 4.69) is 15.6 Å². The molecule has 2 aromatic carbocycles. The van der Waals surface area contributed by atoms with Crippen LogP contribution in [0.15, 0.2) is 54.9 Å². The molecule has 1 aliphatic heterocycles. The molecule has 1 amide bonds. The van der Waals surface area contributed by atoms with E-state index < -0.39 is 0 Å². The zero-order chi connectivity index (χ0) is 16.4. The van der Waals surface area contributed by atoms with Crippen molar-refractivity contribution in [2.45, 2.75) is 18.9 Å². The fourth-order valence-corrected chi connectivity index (χ4v) is 3.18. The minimum atomic E-state index is -0.00857. The van der Waals surface area contributed by atoms with Crippen molar-refractivity contribution in [3.8, 4) is 5.69 Å². The van der Waals surface area contributed by atoms with E-state index in [1.54, 1.807) is 0 Å². The Morgan fingerprint density at radius 2 is 1.88 bits per heavy atom. The van der Waals surface area contributed by atoms with Crippen molar-refractivity contribution in [1.29, 1.82) is 0 Å². The maximum absolute atomic E-state index is 12.4. The Hall–Kier alpha value is -2.08. The van der Waals surface area contributed by atoms with E-state index in [1.165, 1.54) is 0 Å². The molecule has 1 saturated heterocycles. The van der Waals surface area contributed by atoms with Crippen molar-refractivity contribution >= 4 is 41.8 Å². The van der Waals surface area contributed by atoms with Gasteiger partial charge in [-0.2, -0.15) is 0 Å². The van der Waals surface area contributed by atoms with Crippen LogP contribution in [0.2, 0.25) is 0 Å². The Bertz CT molecular complexity index is 857. The van der Waals surface area contributed by atoms with E-state index in [1.807, 2.05) is 59.4 Å². The predicted molar refractivity (Wildman–Crippen MR) is 109 cm³/mol. The second-order valence-corrected chi connectivity index (χ2v) is 6.17. The van der Waals surface area contributed by atoms with Crippen LogP contribution in [0.25, 0.3) is 16.7 Å². The van der Waals surface area contributed by atoms with Crippen LogP contribution in [-0.2, 0) is 0 Å². The molecule has 0 spiro atoms. The lowest BCUT2D eigenvalue weighted by molar-refractivity contribution is 0.0930. The lowest BCUT2D eigenvalue weighted by Crippen LogP contribution is -2.45. The Kier molecular flexibility index (Phi) is 7.03. The van der Waals surface area contributed by atoms with Crippen LogP contribution in [0.5, 0.6) is 0 Å². The van der Waals surface area contributed by atoms with Gasteiger partial charge >= 0.3 is 0 Å². The molecule has 0 bridgehead atoms. The quantitative estimate of drug-likeness (QED) is 0.718. The zero-order valence-corrected chi connectivity index (χ0v) is 15.9. The van der Waals surface area contributed by atoms with Crippen LogP contribution in [0.4, 0.5) is 0 Å². The van der Waals surface area contributed by atoms with E-state index in [0.29, 0.717) is 5.56 Å². The third-order valence-corrected chi connectivity index (χ3v) is 4.49. The number of para-hydroxylation sites is 2. The summed E-state index contributed by atoms with van der Waals surface area (Å²) >= 11 is 0. The summed E-state index contributed by atoms with van der Waals surface area (Å²) in [5.74, 6) is -0.00857. The number of halogens is 2. The van der Waals surface area contributed by atoms with Crippen LogP contribution < -0.4 is 10.6 Å². The smallest absolute Gasteiger partial charge is 0.251 e. The lowest BCUT2D eigenvalue weighted by atomic mass is 10.1. The molecule has 0 unspecified atom stereocenters. The molecule has 138 valence electrons. The van der Waals surface area contributed by atoms with E-state index in [9.17, 15) is 4.79 Å². The SMILES string of the molecule is Cl.Cl.O=C(N[C@H]1CCCNC1)c1ccc(-n2cnc3ccccc32)cc1. The van der Waals surface area contributed by atoms with Gasteiger partial charge in [-0.05, 0) is 55.8 Å². The van der Waals surface area contributed by atoms with Crippen LogP contribution in [0.3, 0.4) is 0 Å². The van der Waals surface area contributed by atoms with Gasteiger partial charge in [-0.1, -0.05) is 12.1 Å². The van der Waals surface area contributed by atoms with E-state index in [-0.39, 0.29) is 36.8 Å². The van der Waals surface area contributed by atoms with Crippen molar-refractivity contribution < 1.29 is 4.79 Å². The fourth-order valence-electron chi connectivity index (χ4n) is 3.18. The van der Waals surface area contributed by atoms with Gasteiger partial charge in [0, 0.05) is 23.8 Å². The largest absolute Gasteiger partial charge is 0.348 e. The highest BCUT2D eigenvalue weighted by molar-refractivity contribution is 5.94. The summed E-state index contributed by atoms with van der Waals surface area (Å²) < 4.78 is 2.03. The topological polar surface area (TPSA) is 59.0 Å².